The van der Waals surface area contributed by atoms with Crippen molar-refractivity contribution in [3.63, 3.8) is 0 Å². The van der Waals surface area contributed by atoms with Crippen molar-refractivity contribution in [2.75, 3.05) is 26.2 Å². The second-order valence-corrected chi connectivity index (χ2v) is 9.07. The number of ether oxygens (including phenoxy) is 1. The minimum absolute atomic E-state index is 0.000136. The van der Waals surface area contributed by atoms with E-state index in [1.807, 2.05) is 26.0 Å². The predicted molar refractivity (Wildman–Crippen MR) is 118 cm³/mol. The molecule has 0 amide bonds. The largest absolute Gasteiger partial charge is 0.462 e. The van der Waals surface area contributed by atoms with Gasteiger partial charge in [-0.15, -0.1) is 11.3 Å². The zero-order valence-corrected chi connectivity index (χ0v) is 18.5. The van der Waals surface area contributed by atoms with Crippen molar-refractivity contribution >= 4 is 33.3 Å². The molecule has 30 heavy (non-hydrogen) atoms. The SMILES string of the molecule is CCOC(=O)c1c(C)[nH]c(C)c1C(=O)C[NH+]1CCC[C@H](c2nc3ccccc3s2)C1. The molecule has 0 aliphatic carbocycles. The summed E-state index contributed by atoms with van der Waals surface area (Å²) in [4.78, 5) is 34.8. The fourth-order valence-electron chi connectivity index (χ4n) is 4.49. The molecule has 1 aliphatic heterocycles. The van der Waals surface area contributed by atoms with Crippen molar-refractivity contribution in [2.45, 2.75) is 39.5 Å². The van der Waals surface area contributed by atoms with Crippen LogP contribution in [0.2, 0.25) is 0 Å². The number of Topliss-reactive ketones (excluding diaryl/α,β-unsaturated/α-hetero) is 1. The third-order valence-electron chi connectivity index (χ3n) is 5.82. The van der Waals surface area contributed by atoms with E-state index in [9.17, 15) is 9.59 Å². The fraction of sp³-hybridized carbons (Fsp3) is 0.435. The number of carbonyl (C=O) groups is 2. The second kappa shape index (κ2) is 8.70. The van der Waals surface area contributed by atoms with Gasteiger partial charge in [0.05, 0.1) is 47.0 Å². The summed E-state index contributed by atoms with van der Waals surface area (Å²) >= 11 is 1.76. The molecule has 3 aromatic rings. The maximum atomic E-state index is 13.2. The molecule has 1 fully saturated rings. The van der Waals surface area contributed by atoms with Gasteiger partial charge in [0.1, 0.15) is 11.6 Å². The highest BCUT2D eigenvalue weighted by Crippen LogP contribution is 2.30. The number of nitrogens with one attached hydrogen (secondary N) is 2. The van der Waals surface area contributed by atoms with E-state index in [0.717, 1.165) is 37.1 Å². The predicted octanol–water partition coefficient (Wildman–Crippen LogP) is 3.06. The van der Waals surface area contributed by atoms with Crippen LogP contribution in [0.25, 0.3) is 10.2 Å². The Morgan fingerprint density at radius 2 is 2.00 bits per heavy atom. The van der Waals surface area contributed by atoms with Crippen molar-refractivity contribution in [1.82, 2.24) is 9.97 Å². The molecule has 0 radical (unpaired) electrons. The van der Waals surface area contributed by atoms with Crippen LogP contribution in [0.4, 0.5) is 0 Å². The number of aryl methyl sites for hydroxylation is 2. The van der Waals surface area contributed by atoms with Gasteiger partial charge in [0.25, 0.3) is 0 Å². The van der Waals surface area contributed by atoms with Gasteiger partial charge in [-0.05, 0) is 45.7 Å². The number of esters is 1. The van der Waals surface area contributed by atoms with Crippen LogP contribution >= 0.6 is 11.3 Å². The van der Waals surface area contributed by atoms with Crippen LogP contribution in [-0.4, -0.2) is 48.0 Å². The summed E-state index contributed by atoms with van der Waals surface area (Å²) in [5, 5.41) is 1.17. The van der Waals surface area contributed by atoms with Crippen molar-refractivity contribution < 1.29 is 19.2 Å². The highest BCUT2D eigenvalue weighted by atomic mass is 32.1. The lowest BCUT2D eigenvalue weighted by atomic mass is 9.97. The van der Waals surface area contributed by atoms with Gasteiger partial charge >= 0.3 is 5.97 Å². The van der Waals surface area contributed by atoms with Crippen LogP contribution in [0.5, 0.6) is 0 Å². The molecule has 3 heterocycles. The molecule has 158 valence electrons. The Morgan fingerprint density at radius 3 is 2.77 bits per heavy atom. The van der Waals surface area contributed by atoms with Crippen molar-refractivity contribution in [3.8, 4) is 0 Å². The van der Waals surface area contributed by atoms with E-state index >= 15 is 0 Å². The number of fused-ring (bicyclic) bond motifs is 1. The first-order valence-corrected chi connectivity index (χ1v) is 11.4. The maximum absolute atomic E-state index is 13.2. The number of quaternary nitrogens is 1. The summed E-state index contributed by atoms with van der Waals surface area (Å²) in [6.45, 7) is 7.95. The number of H-pyrrole nitrogens is 1. The van der Waals surface area contributed by atoms with Gasteiger partial charge in [0.15, 0.2) is 0 Å². The lowest BCUT2D eigenvalue weighted by Gasteiger charge is -2.28. The zero-order valence-electron chi connectivity index (χ0n) is 17.7. The van der Waals surface area contributed by atoms with Crippen molar-refractivity contribution in [1.29, 1.82) is 0 Å². The molecule has 7 heteroatoms. The number of benzene rings is 1. The van der Waals surface area contributed by atoms with E-state index in [4.69, 9.17) is 9.72 Å². The van der Waals surface area contributed by atoms with Gasteiger partial charge < -0.3 is 14.6 Å². The average Bonchev–Trinajstić information content (AvgIpc) is 3.28. The molecule has 1 aromatic carbocycles. The lowest BCUT2D eigenvalue weighted by molar-refractivity contribution is -0.897. The van der Waals surface area contributed by atoms with E-state index in [-0.39, 0.29) is 12.4 Å². The number of likely N-dealkylation sites (tertiary alicyclic amines) is 1. The van der Waals surface area contributed by atoms with Crippen molar-refractivity contribution in [3.05, 3.63) is 51.8 Å². The monoisotopic (exact) mass is 426 g/mol. The smallest absolute Gasteiger partial charge is 0.340 e. The topological polar surface area (TPSA) is 76.5 Å². The molecule has 2 N–H and O–H groups in total. The van der Waals surface area contributed by atoms with E-state index in [0.29, 0.717) is 29.3 Å². The normalized spacial score (nSPS) is 19.2. The molecular weight excluding hydrogens is 398 g/mol. The zero-order chi connectivity index (χ0) is 21.3. The minimum Gasteiger partial charge on any atom is -0.462 e. The van der Waals surface area contributed by atoms with E-state index in [1.165, 1.54) is 14.6 Å². The lowest BCUT2D eigenvalue weighted by Crippen LogP contribution is -3.14. The number of thiazole rings is 1. The molecular formula is C23H28N3O3S+. The molecule has 1 unspecified atom stereocenters. The first-order valence-electron chi connectivity index (χ1n) is 10.6. The van der Waals surface area contributed by atoms with Crippen LogP contribution in [0.3, 0.4) is 0 Å². The van der Waals surface area contributed by atoms with Gasteiger partial charge in [0, 0.05) is 11.4 Å². The Hall–Kier alpha value is -2.51. The number of ketones is 1. The van der Waals surface area contributed by atoms with Gasteiger partial charge in [-0.2, -0.15) is 0 Å². The Balaban J connectivity index is 1.50. The fourth-order valence-corrected chi connectivity index (χ4v) is 5.59. The molecule has 1 saturated heterocycles. The summed E-state index contributed by atoms with van der Waals surface area (Å²) in [5.74, 6) is -0.0546. The molecule has 6 nitrogen and oxygen atoms in total. The summed E-state index contributed by atoms with van der Waals surface area (Å²) in [5.41, 5.74) is 3.35. The molecule has 2 aromatic heterocycles. The molecule has 0 bridgehead atoms. The second-order valence-electron chi connectivity index (χ2n) is 8.01. The van der Waals surface area contributed by atoms with Crippen molar-refractivity contribution in [2.24, 2.45) is 0 Å². The Labute approximate surface area is 180 Å². The quantitative estimate of drug-likeness (QED) is 0.469. The number of aromatic amines is 1. The molecule has 0 saturated carbocycles. The number of aromatic nitrogens is 2. The molecule has 2 atom stereocenters. The Morgan fingerprint density at radius 1 is 1.23 bits per heavy atom. The first kappa shape index (κ1) is 20.8. The van der Waals surface area contributed by atoms with E-state index < -0.39 is 5.97 Å². The summed E-state index contributed by atoms with van der Waals surface area (Å²) in [7, 11) is 0. The third-order valence-corrected chi connectivity index (χ3v) is 7.02. The highest BCUT2D eigenvalue weighted by molar-refractivity contribution is 7.18. The average molecular weight is 427 g/mol. The number of nitrogens with zero attached hydrogens (tertiary/aromatic N) is 1. The van der Waals surface area contributed by atoms with Crippen LogP contribution in [0, 0.1) is 13.8 Å². The Bertz CT molecular complexity index is 1050. The number of hydrogen-bond donors (Lipinski definition) is 2. The van der Waals surface area contributed by atoms with Crippen LogP contribution in [-0.2, 0) is 4.74 Å². The summed E-state index contributed by atoms with van der Waals surface area (Å²) < 4.78 is 6.40. The molecule has 4 rings (SSSR count). The number of carbonyl (C=O) groups excluding carboxylic acids is 2. The molecule has 1 aliphatic rings. The summed E-state index contributed by atoms with van der Waals surface area (Å²) in [6, 6.07) is 8.23. The van der Waals surface area contributed by atoms with Gasteiger partial charge in [-0.3, -0.25) is 4.79 Å². The number of hydrogen-bond acceptors (Lipinski definition) is 5. The van der Waals surface area contributed by atoms with Gasteiger partial charge in [0.2, 0.25) is 5.78 Å². The van der Waals surface area contributed by atoms with Gasteiger partial charge in [-0.25, -0.2) is 9.78 Å². The minimum atomic E-state index is -0.427. The Kier molecular flexibility index (Phi) is 6.01. The van der Waals surface area contributed by atoms with Crippen LogP contribution in [0.1, 0.15) is 62.8 Å². The molecule has 0 spiro atoms. The summed E-state index contributed by atoms with van der Waals surface area (Å²) in [6.07, 6.45) is 2.17. The standard InChI is InChI=1S/C23H27N3O3S/c1-4-29-23(28)21-15(3)24-14(2)20(21)18(27)13-26-11-7-8-16(12-26)22-25-17-9-5-6-10-19(17)30-22/h5-6,9-10,16,24H,4,7-8,11-13H2,1-3H3/p+1/t16-/m0/s1. The third kappa shape index (κ3) is 4.04. The first-order chi connectivity index (χ1) is 14.5. The van der Waals surface area contributed by atoms with Crippen LogP contribution in [0.15, 0.2) is 24.3 Å². The van der Waals surface area contributed by atoms with Gasteiger partial charge in [-0.1, -0.05) is 12.1 Å². The van der Waals surface area contributed by atoms with Crippen LogP contribution < -0.4 is 4.90 Å². The van der Waals surface area contributed by atoms with E-state index in [1.54, 1.807) is 18.3 Å². The maximum Gasteiger partial charge on any atom is 0.340 e. The number of para-hydroxylation sites is 1. The van der Waals surface area contributed by atoms with E-state index in [2.05, 4.69) is 17.1 Å². The number of piperidine rings is 1. The number of rotatable bonds is 6. The highest BCUT2D eigenvalue weighted by Gasteiger charge is 2.31.